The number of alkyl halides is 1. The smallest absolute Gasteiger partial charge is 0.305 e. The highest BCUT2D eigenvalue weighted by molar-refractivity contribution is 6.17. The van der Waals surface area contributed by atoms with E-state index in [2.05, 4.69) is 6.92 Å². The number of ether oxygens (including phenoxy) is 13. The first-order valence-corrected chi connectivity index (χ1v) is 19.0. The standard InChI is InChI=1S/C35H69ClO14/c1-2-3-4-5-6-7-8-35(37)50-34-33-49-32-31-48-30-29-47-28-27-46-26-25-45-24-23-44-22-21-43-20-19-42-18-17-41-16-15-40-14-13-39-12-11-38-10-9-36/h2-34H2,1H3. The molecule has 0 fully saturated rings. The van der Waals surface area contributed by atoms with Crippen molar-refractivity contribution in [2.45, 2.75) is 51.9 Å². The van der Waals surface area contributed by atoms with Crippen molar-refractivity contribution in [3.8, 4) is 0 Å². The second-order valence-electron chi connectivity index (χ2n) is 10.8. The van der Waals surface area contributed by atoms with Gasteiger partial charge in [-0.3, -0.25) is 4.79 Å². The maximum absolute atomic E-state index is 11.7. The molecule has 0 radical (unpaired) electrons. The molecule has 0 aliphatic rings. The molecule has 0 heterocycles. The fraction of sp³-hybridized carbons (Fsp3) is 0.971. The molecule has 0 atom stereocenters. The molecule has 0 rings (SSSR count). The minimum Gasteiger partial charge on any atom is -0.463 e. The van der Waals surface area contributed by atoms with Crippen LogP contribution in [0.5, 0.6) is 0 Å². The van der Waals surface area contributed by atoms with Crippen LogP contribution in [-0.2, 0) is 66.4 Å². The second-order valence-corrected chi connectivity index (χ2v) is 11.2. The number of halogens is 1. The van der Waals surface area contributed by atoms with Crippen molar-refractivity contribution in [3.63, 3.8) is 0 Å². The first-order chi connectivity index (χ1) is 24.8. The molecule has 0 aromatic rings. The largest absolute Gasteiger partial charge is 0.463 e. The molecule has 0 aliphatic heterocycles. The Hall–Kier alpha value is -0.720. The minimum atomic E-state index is -0.145. The zero-order chi connectivity index (χ0) is 36.1. The van der Waals surface area contributed by atoms with Crippen molar-refractivity contribution in [2.75, 3.05) is 171 Å². The fourth-order valence-corrected chi connectivity index (χ4v) is 4.02. The van der Waals surface area contributed by atoms with E-state index in [1.807, 2.05) is 0 Å². The second kappa shape index (κ2) is 46.3. The lowest BCUT2D eigenvalue weighted by atomic mass is 10.1. The lowest BCUT2D eigenvalue weighted by Gasteiger charge is -2.09. The van der Waals surface area contributed by atoms with Crippen molar-refractivity contribution < 1.29 is 66.4 Å². The van der Waals surface area contributed by atoms with E-state index >= 15 is 0 Å². The lowest BCUT2D eigenvalue weighted by molar-refractivity contribution is -0.145. The van der Waals surface area contributed by atoms with Crippen LogP contribution in [0.25, 0.3) is 0 Å². The van der Waals surface area contributed by atoms with Crippen LogP contribution in [0.1, 0.15) is 51.9 Å². The summed E-state index contributed by atoms with van der Waals surface area (Å²) in [5, 5.41) is 0. The van der Waals surface area contributed by atoms with Crippen molar-refractivity contribution >= 4 is 17.6 Å². The highest BCUT2D eigenvalue weighted by Gasteiger charge is 2.03. The Bertz CT molecular complexity index is 638. The zero-order valence-electron chi connectivity index (χ0n) is 30.9. The van der Waals surface area contributed by atoms with Gasteiger partial charge in [0.2, 0.25) is 0 Å². The Morgan fingerprint density at radius 3 is 0.860 bits per heavy atom. The molecule has 0 saturated heterocycles. The van der Waals surface area contributed by atoms with E-state index in [-0.39, 0.29) is 12.6 Å². The Morgan fingerprint density at radius 1 is 0.340 bits per heavy atom. The predicted molar refractivity (Wildman–Crippen MR) is 189 cm³/mol. The van der Waals surface area contributed by atoms with Crippen LogP contribution in [0.15, 0.2) is 0 Å². The van der Waals surface area contributed by atoms with Crippen LogP contribution in [-0.4, -0.2) is 177 Å². The molecule has 0 bridgehead atoms. The highest BCUT2D eigenvalue weighted by Crippen LogP contribution is 2.07. The third-order valence-electron chi connectivity index (χ3n) is 6.54. The van der Waals surface area contributed by atoms with Gasteiger partial charge in [-0.1, -0.05) is 39.0 Å². The Morgan fingerprint density at radius 2 is 0.580 bits per heavy atom. The van der Waals surface area contributed by atoms with E-state index in [0.717, 1.165) is 12.8 Å². The van der Waals surface area contributed by atoms with Crippen LogP contribution in [0, 0.1) is 0 Å². The van der Waals surface area contributed by atoms with Crippen molar-refractivity contribution in [2.24, 2.45) is 0 Å². The van der Waals surface area contributed by atoms with Gasteiger partial charge in [0.25, 0.3) is 0 Å². The molecule has 14 nitrogen and oxygen atoms in total. The van der Waals surface area contributed by atoms with E-state index < -0.39 is 0 Å². The Labute approximate surface area is 306 Å². The molecule has 0 N–H and O–H groups in total. The van der Waals surface area contributed by atoms with Gasteiger partial charge in [-0.05, 0) is 6.42 Å². The van der Waals surface area contributed by atoms with Crippen molar-refractivity contribution in [1.82, 2.24) is 0 Å². The summed E-state index contributed by atoms with van der Waals surface area (Å²) in [5.41, 5.74) is 0. The summed E-state index contributed by atoms with van der Waals surface area (Å²) in [5.74, 6) is 0.350. The summed E-state index contributed by atoms with van der Waals surface area (Å²) in [6.07, 6.45) is 7.41. The molecule has 0 amide bonds. The summed E-state index contributed by atoms with van der Waals surface area (Å²) in [7, 11) is 0. The van der Waals surface area contributed by atoms with E-state index in [9.17, 15) is 4.79 Å². The SMILES string of the molecule is CCCCCCCCC(=O)OCCOCCOCCOCCOCCOCCOCCOCCOCCOCCOCCOCCOCCCl. The maximum Gasteiger partial charge on any atom is 0.305 e. The number of carbonyl (C=O) groups excluding carboxylic acids is 1. The van der Waals surface area contributed by atoms with Gasteiger partial charge in [-0.25, -0.2) is 0 Å². The number of hydrogen-bond acceptors (Lipinski definition) is 14. The molecule has 15 heteroatoms. The van der Waals surface area contributed by atoms with Crippen LogP contribution in [0.2, 0.25) is 0 Å². The average molecular weight is 749 g/mol. The summed E-state index contributed by atoms with van der Waals surface area (Å²) < 4.78 is 70.4. The molecule has 0 aliphatic carbocycles. The summed E-state index contributed by atoms with van der Waals surface area (Å²) in [4.78, 5) is 11.7. The van der Waals surface area contributed by atoms with Crippen LogP contribution >= 0.6 is 11.6 Å². The Kier molecular flexibility index (Phi) is 45.6. The molecular weight excluding hydrogens is 680 g/mol. The van der Waals surface area contributed by atoms with E-state index in [0.29, 0.717) is 171 Å². The number of hydrogen-bond donors (Lipinski definition) is 0. The molecule has 50 heavy (non-hydrogen) atoms. The third kappa shape index (κ3) is 45.3. The van der Waals surface area contributed by atoms with Gasteiger partial charge in [0.15, 0.2) is 0 Å². The molecule has 0 aromatic carbocycles. The van der Waals surface area contributed by atoms with Gasteiger partial charge in [-0.2, -0.15) is 0 Å². The number of esters is 1. The van der Waals surface area contributed by atoms with Gasteiger partial charge in [-0.15, -0.1) is 11.6 Å². The maximum atomic E-state index is 11.7. The predicted octanol–water partition coefficient (Wildman–Crippen LogP) is 3.72. The quantitative estimate of drug-likeness (QED) is 0.0508. The van der Waals surface area contributed by atoms with E-state index in [4.69, 9.17) is 73.2 Å². The first-order valence-electron chi connectivity index (χ1n) is 18.5. The van der Waals surface area contributed by atoms with Crippen molar-refractivity contribution in [1.29, 1.82) is 0 Å². The molecular formula is C35H69ClO14. The highest BCUT2D eigenvalue weighted by atomic mass is 35.5. The van der Waals surface area contributed by atoms with Crippen LogP contribution in [0.4, 0.5) is 0 Å². The van der Waals surface area contributed by atoms with Gasteiger partial charge < -0.3 is 61.6 Å². The van der Waals surface area contributed by atoms with E-state index in [1.54, 1.807) is 0 Å². The topological polar surface area (TPSA) is 137 Å². The lowest BCUT2D eigenvalue weighted by Crippen LogP contribution is -2.15. The van der Waals surface area contributed by atoms with Crippen LogP contribution in [0.3, 0.4) is 0 Å². The average Bonchev–Trinajstić information content (AvgIpc) is 3.12. The molecule has 0 spiro atoms. The summed E-state index contributed by atoms with van der Waals surface area (Å²) in [6, 6.07) is 0. The van der Waals surface area contributed by atoms with Gasteiger partial charge in [0.05, 0.1) is 159 Å². The molecule has 0 saturated carbocycles. The summed E-state index contributed by atoms with van der Waals surface area (Å²) >= 11 is 5.51. The fourth-order valence-electron chi connectivity index (χ4n) is 3.91. The van der Waals surface area contributed by atoms with Gasteiger partial charge in [0, 0.05) is 12.3 Å². The molecule has 300 valence electrons. The van der Waals surface area contributed by atoms with Crippen LogP contribution < -0.4 is 0 Å². The molecule has 0 unspecified atom stereocenters. The monoisotopic (exact) mass is 748 g/mol. The number of rotatable bonds is 45. The van der Waals surface area contributed by atoms with E-state index in [1.165, 1.54) is 25.7 Å². The number of carbonyl (C=O) groups is 1. The Balaban J connectivity index is 3.09. The van der Waals surface area contributed by atoms with Crippen molar-refractivity contribution in [3.05, 3.63) is 0 Å². The normalized spacial score (nSPS) is 11.5. The van der Waals surface area contributed by atoms with Gasteiger partial charge >= 0.3 is 5.97 Å². The zero-order valence-corrected chi connectivity index (χ0v) is 31.7. The first kappa shape index (κ1) is 49.3. The number of unbranched alkanes of at least 4 members (excludes halogenated alkanes) is 5. The van der Waals surface area contributed by atoms with Gasteiger partial charge in [0.1, 0.15) is 6.61 Å². The minimum absolute atomic E-state index is 0.145. The molecule has 0 aromatic heterocycles. The summed E-state index contributed by atoms with van der Waals surface area (Å²) in [6.45, 7) is 14.5. The third-order valence-corrected chi connectivity index (χ3v) is 6.69.